The molecule has 3 aromatic carbocycles. The molecule has 3 rings (SSSR count). The molecule has 0 unspecified atom stereocenters. The molecule has 158 valence electrons. The van der Waals surface area contributed by atoms with E-state index in [2.05, 4.69) is 37.6 Å². The Hall–Kier alpha value is -3.15. The predicted molar refractivity (Wildman–Crippen MR) is 110 cm³/mol. The maximum absolute atomic E-state index is 12.3. The minimum Gasteiger partial charge on any atom is -0.504 e. The summed E-state index contributed by atoms with van der Waals surface area (Å²) in [5.41, 5.74) is 3.61. The van der Waals surface area contributed by atoms with E-state index >= 15 is 0 Å². The Balaban J connectivity index is 1.72. The van der Waals surface area contributed by atoms with Crippen LogP contribution < -0.4 is 9.47 Å². The van der Waals surface area contributed by atoms with Gasteiger partial charge in [-0.25, -0.2) is 0 Å². The lowest BCUT2D eigenvalue weighted by Gasteiger charge is -2.19. The summed E-state index contributed by atoms with van der Waals surface area (Å²) < 4.78 is 46.6. The van der Waals surface area contributed by atoms with Crippen molar-refractivity contribution in [1.29, 1.82) is 0 Å². The average Bonchev–Trinajstić information content (AvgIpc) is 2.66. The first-order valence-corrected chi connectivity index (χ1v) is 9.43. The lowest BCUT2D eigenvalue weighted by molar-refractivity contribution is -0.274. The Labute approximate surface area is 173 Å². The Morgan fingerprint density at radius 1 is 0.800 bits per heavy atom. The third kappa shape index (κ3) is 5.69. The van der Waals surface area contributed by atoms with Crippen LogP contribution in [0.3, 0.4) is 0 Å². The van der Waals surface area contributed by atoms with Crippen LogP contribution in [0.25, 0.3) is 11.1 Å². The number of hydrogen-bond donors (Lipinski definition) is 1. The highest BCUT2D eigenvalue weighted by molar-refractivity contribution is 5.67. The predicted octanol–water partition coefficient (Wildman–Crippen LogP) is 6.83. The summed E-state index contributed by atoms with van der Waals surface area (Å²) in [5, 5.41) is 10.1. The van der Waals surface area contributed by atoms with Crippen LogP contribution in [0.15, 0.2) is 66.7 Å². The van der Waals surface area contributed by atoms with Gasteiger partial charge in [0.25, 0.3) is 0 Å². The van der Waals surface area contributed by atoms with Gasteiger partial charge >= 0.3 is 6.36 Å². The summed E-state index contributed by atoms with van der Waals surface area (Å²) >= 11 is 0. The number of alkyl halides is 3. The second-order valence-corrected chi connectivity index (χ2v) is 7.99. The van der Waals surface area contributed by atoms with Gasteiger partial charge in [-0.15, -0.1) is 13.2 Å². The molecule has 0 fully saturated rings. The van der Waals surface area contributed by atoms with Crippen molar-refractivity contribution in [3.05, 3.63) is 77.9 Å². The van der Waals surface area contributed by atoms with Crippen LogP contribution in [0.4, 0.5) is 13.2 Å². The van der Waals surface area contributed by atoms with Crippen LogP contribution >= 0.6 is 0 Å². The zero-order valence-corrected chi connectivity index (χ0v) is 17.0. The molecule has 0 aliphatic rings. The molecule has 0 aromatic heterocycles. The number of rotatable bonds is 5. The van der Waals surface area contributed by atoms with Crippen molar-refractivity contribution in [2.45, 2.75) is 39.2 Å². The molecule has 3 nitrogen and oxygen atoms in total. The third-order valence-electron chi connectivity index (χ3n) is 4.60. The van der Waals surface area contributed by atoms with Gasteiger partial charge in [0, 0.05) is 0 Å². The van der Waals surface area contributed by atoms with E-state index in [1.807, 2.05) is 12.1 Å². The second-order valence-electron chi connectivity index (χ2n) is 7.99. The molecule has 0 spiro atoms. The fourth-order valence-electron chi connectivity index (χ4n) is 2.92. The third-order valence-corrected chi connectivity index (χ3v) is 4.60. The number of aromatic hydroxyl groups is 1. The van der Waals surface area contributed by atoms with E-state index < -0.39 is 6.36 Å². The highest BCUT2D eigenvalue weighted by Gasteiger charge is 2.31. The summed E-state index contributed by atoms with van der Waals surface area (Å²) in [6.07, 6.45) is -4.73. The number of phenolic OH excluding ortho intramolecular Hbond substituents is 1. The molecule has 6 heteroatoms. The van der Waals surface area contributed by atoms with Crippen molar-refractivity contribution in [2.24, 2.45) is 0 Å². The molecule has 0 aliphatic heterocycles. The average molecular weight is 416 g/mol. The lowest BCUT2D eigenvalue weighted by Crippen LogP contribution is -2.16. The van der Waals surface area contributed by atoms with Gasteiger partial charge in [0.05, 0.1) is 0 Å². The molecule has 0 bridgehead atoms. The Bertz CT molecular complexity index is 986. The van der Waals surface area contributed by atoms with Crippen LogP contribution in [0.1, 0.15) is 31.9 Å². The number of phenols is 1. The Kier molecular flexibility index (Phi) is 5.97. The van der Waals surface area contributed by atoms with Crippen molar-refractivity contribution < 1.29 is 27.8 Å². The monoisotopic (exact) mass is 416 g/mol. The summed E-state index contributed by atoms with van der Waals surface area (Å²) in [5.74, 6) is -0.00897. The zero-order chi connectivity index (χ0) is 21.9. The number of ether oxygens (including phenoxy) is 2. The maximum atomic E-state index is 12.3. The zero-order valence-electron chi connectivity index (χ0n) is 17.0. The van der Waals surface area contributed by atoms with Gasteiger partial charge in [0.2, 0.25) is 0 Å². The molecule has 30 heavy (non-hydrogen) atoms. The largest absolute Gasteiger partial charge is 0.573 e. The number of benzene rings is 3. The maximum Gasteiger partial charge on any atom is 0.573 e. The van der Waals surface area contributed by atoms with Crippen LogP contribution in [0.2, 0.25) is 0 Å². The summed E-state index contributed by atoms with van der Waals surface area (Å²) in [6, 6.07) is 18.4. The molecular formula is C24H23F3O3. The Morgan fingerprint density at radius 2 is 1.40 bits per heavy atom. The quantitative estimate of drug-likeness (QED) is 0.495. The first-order valence-electron chi connectivity index (χ1n) is 9.43. The summed E-state index contributed by atoms with van der Waals surface area (Å²) in [6.45, 7) is 6.71. The van der Waals surface area contributed by atoms with Crippen LogP contribution in [0.5, 0.6) is 17.2 Å². The highest BCUT2D eigenvalue weighted by atomic mass is 19.4. The van der Waals surface area contributed by atoms with E-state index in [1.54, 1.807) is 12.1 Å². The molecule has 1 N–H and O–H groups in total. The standard InChI is InChI=1S/C24H23F3O3/c1-23(2,3)19-9-4-16(5-10-19)15-29-22-14-18(8-13-21(22)28)17-6-11-20(12-7-17)30-24(25,26)27/h4-14,28H,15H2,1-3H3. The van der Waals surface area contributed by atoms with Gasteiger partial charge in [-0.05, 0) is 51.9 Å². The van der Waals surface area contributed by atoms with Crippen molar-refractivity contribution in [2.75, 3.05) is 0 Å². The topological polar surface area (TPSA) is 38.7 Å². The van der Waals surface area contributed by atoms with E-state index in [-0.39, 0.29) is 23.5 Å². The van der Waals surface area contributed by atoms with Gasteiger partial charge < -0.3 is 14.6 Å². The van der Waals surface area contributed by atoms with E-state index in [9.17, 15) is 18.3 Å². The van der Waals surface area contributed by atoms with E-state index in [4.69, 9.17) is 4.74 Å². The van der Waals surface area contributed by atoms with E-state index in [1.165, 1.54) is 35.9 Å². The van der Waals surface area contributed by atoms with Gasteiger partial charge in [0.15, 0.2) is 11.5 Å². The number of hydrogen-bond acceptors (Lipinski definition) is 3. The molecule has 0 saturated carbocycles. The van der Waals surface area contributed by atoms with Crippen molar-refractivity contribution in [3.8, 4) is 28.4 Å². The van der Waals surface area contributed by atoms with Crippen molar-refractivity contribution in [3.63, 3.8) is 0 Å². The summed E-state index contributed by atoms with van der Waals surface area (Å²) in [7, 11) is 0. The SMILES string of the molecule is CC(C)(C)c1ccc(COc2cc(-c3ccc(OC(F)(F)F)cc3)ccc2O)cc1. The first kappa shape index (κ1) is 21.6. The molecule has 0 heterocycles. The van der Waals surface area contributed by atoms with Crippen molar-refractivity contribution >= 4 is 0 Å². The van der Waals surface area contributed by atoms with Gasteiger partial charge in [-0.2, -0.15) is 0 Å². The lowest BCUT2D eigenvalue weighted by atomic mass is 9.87. The molecule has 0 aliphatic carbocycles. The van der Waals surface area contributed by atoms with Crippen molar-refractivity contribution in [1.82, 2.24) is 0 Å². The van der Waals surface area contributed by atoms with Gasteiger partial charge in [-0.1, -0.05) is 63.2 Å². The van der Waals surface area contributed by atoms with E-state index in [0.29, 0.717) is 16.9 Å². The molecule has 0 atom stereocenters. The van der Waals surface area contributed by atoms with Crippen LogP contribution in [0, 0.1) is 0 Å². The molecule has 0 saturated heterocycles. The first-order chi connectivity index (χ1) is 14.0. The molecule has 0 radical (unpaired) electrons. The fraction of sp³-hybridized carbons (Fsp3) is 0.250. The van der Waals surface area contributed by atoms with Crippen LogP contribution in [-0.4, -0.2) is 11.5 Å². The molecular weight excluding hydrogens is 393 g/mol. The van der Waals surface area contributed by atoms with E-state index in [0.717, 1.165) is 5.56 Å². The highest BCUT2D eigenvalue weighted by Crippen LogP contribution is 2.33. The Morgan fingerprint density at radius 3 is 1.97 bits per heavy atom. The van der Waals surface area contributed by atoms with Crippen LogP contribution in [-0.2, 0) is 12.0 Å². The smallest absolute Gasteiger partial charge is 0.504 e. The fourth-order valence-corrected chi connectivity index (χ4v) is 2.92. The second kappa shape index (κ2) is 8.30. The summed E-state index contributed by atoms with van der Waals surface area (Å²) in [4.78, 5) is 0. The molecule has 3 aromatic rings. The van der Waals surface area contributed by atoms with Gasteiger partial charge in [-0.3, -0.25) is 0 Å². The molecule has 0 amide bonds. The normalized spacial score (nSPS) is 11.9. The number of halogens is 3. The van der Waals surface area contributed by atoms with Gasteiger partial charge in [0.1, 0.15) is 12.4 Å². The minimum atomic E-state index is -4.73. The minimum absolute atomic E-state index is 0.0120.